The average Bonchev–Trinajstić information content (AvgIpc) is 2.30. The molecule has 0 bridgehead atoms. The van der Waals surface area contributed by atoms with Gasteiger partial charge in [0.1, 0.15) is 0 Å². The van der Waals surface area contributed by atoms with Gasteiger partial charge >= 0.3 is 104 Å². The fraction of sp³-hybridized carbons (Fsp3) is 0.0833. The molecule has 0 saturated carbocycles. The van der Waals surface area contributed by atoms with Crippen molar-refractivity contribution in [3.05, 3.63) is 58.7 Å². The van der Waals surface area contributed by atoms with E-state index in [1.54, 1.807) is 0 Å². The molecule has 1 nitrogen and oxygen atoms in total. The first-order chi connectivity index (χ1) is 7.34. The molecule has 0 amide bonds. The Morgan fingerprint density at radius 1 is 1.07 bits per heavy atom. The Kier molecular flexibility index (Phi) is 3.95. The Balaban J connectivity index is 1.96. The van der Waals surface area contributed by atoms with Crippen LogP contribution in [0, 0.1) is 0 Å². The molecule has 1 aromatic heterocycles. The third kappa shape index (κ3) is 3.45. The molecule has 0 spiro atoms. The summed E-state index contributed by atoms with van der Waals surface area (Å²) in [5.74, 6) is 0. The van der Waals surface area contributed by atoms with Crippen molar-refractivity contribution in [3.63, 3.8) is 0 Å². The topological polar surface area (TPSA) is 12.9 Å². The summed E-state index contributed by atoms with van der Waals surface area (Å²) in [4.78, 5) is 4.33. The second kappa shape index (κ2) is 5.45. The SMILES string of the molecule is Brc1ccc(C[Se]c2ccccn2)cc1. The van der Waals surface area contributed by atoms with Crippen molar-refractivity contribution in [2.75, 3.05) is 0 Å². The maximum absolute atomic E-state index is 4.33. The zero-order chi connectivity index (χ0) is 10.5. The van der Waals surface area contributed by atoms with Crippen LogP contribution >= 0.6 is 15.9 Å². The van der Waals surface area contributed by atoms with Crippen molar-refractivity contribution in [1.82, 2.24) is 4.98 Å². The Hall–Kier alpha value is -0.631. The predicted octanol–water partition coefficient (Wildman–Crippen LogP) is 2.37. The number of hydrogen-bond donors (Lipinski definition) is 0. The quantitative estimate of drug-likeness (QED) is 0.789. The monoisotopic (exact) mass is 327 g/mol. The number of benzene rings is 1. The van der Waals surface area contributed by atoms with E-state index >= 15 is 0 Å². The second-order valence-electron chi connectivity index (χ2n) is 3.08. The van der Waals surface area contributed by atoms with Gasteiger partial charge in [0, 0.05) is 0 Å². The minimum atomic E-state index is 0.440. The molecule has 3 heteroatoms. The molecule has 1 heterocycles. The molecule has 0 aliphatic carbocycles. The summed E-state index contributed by atoms with van der Waals surface area (Å²) in [5.41, 5.74) is 1.38. The first kappa shape index (κ1) is 10.9. The van der Waals surface area contributed by atoms with Gasteiger partial charge < -0.3 is 0 Å². The van der Waals surface area contributed by atoms with Gasteiger partial charge in [-0.25, -0.2) is 0 Å². The summed E-state index contributed by atoms with van der Waals surface area (Å²) in [5, 5.41) is 1.11. The van der Waals surface area contributed by atoms with E-state index in [2.05, 4.69) is 51.2 Å². The van der Waals surface area contributed by atoms with Crippen LogP contribution in [-0.2, 0) is 5.32 Å². The van der Waals surface area contributed by atoms with Gasteiger partial charge in [0.05, 0.1) is 0 Å². The molecule has 76 valence electrons. The molecule has 0 unspecified atom stereocenters. The Labute approximate surface area is 104 Å². The standard InChI is InChI=1S/C12H10BrNSe/c13-11-6-4-10(5-7-11)9-15-12-3-1-2-8-14-12/h1-8H,9H2. The normalized spacial score (nSPS) is 10.2. The van der Waals surface area contributed by atoms with E-state index < -0.39 is 0 Å². The van der Waals surface area contributed by atoms with Crippen LogP contribution in [0.4, 0.5) is 0 Å². The van der Waals surface area contributed by atoms with E-state index in [4.69, 9.17) is 0 Å². The molecule has 2 aromatic rings. The Morgan fingerprint density at radius 3 is 2.53 bits per heavy atom. The van der Waals surface area contributed by atoms with Gasteiger partial charge in [-0.3, -0.25) is 0 Å². The molecule has 0 aliphatic heterocycles. The number of aromatic nitrogens is 1. The third-order valence-electron chi connectivity index (χ3n) is 1.94. The summed E-state index contributed by atoms with van der Waals surface area (Å²) in [6, 6.07) is 14.6. The number of rotatable bonds is 3. The summed E-state index contributed by atoms with van der Waals surface area (Å²) < 4.78 is 2.35. The second-order valence-corrected chi connectivity index (χ2v) is 6.09. The molecule has 0 aliphatic rings. The van der Waals surface area contributed by atoms with Gasteiger partial charge in [-0.1, -0.05) is 0 Å². The van der Waals surface area contributed by atoms with E-state index in [1.807, 2.05) is 18.3 Å². The zero-order valence-corrected chi connectivity index (χ0v) is 11.4. The number of halogens is 1. The van der Waals surface area contributed by atoms with E-state index in [0.717, 1.165) is 9.79 Å². The van der Waals surface area contributed by atoms with Crippen LogP contribution in [-0.4, -0.2) is 19.9 Å². The van der Waals surface area contributed by atoms with E-state index in [-0.39, 0.29) is 0 Å². The van der Waals surface area contributed by atoms with Crippen molar-refractivity contribution in [2.24, 2.45) is 0 Å². The average molecular weight is 327 g/mol. The molecule has 0 N–H and O–H groups in total. The van der Waals surface area contributed by atoms with E-state index in [1.165, 1.54) is 10.2 Å². The van der Waals surface area contributed by atoms with E-state index in [9.17, 15) is 0 Å². The van der Waals surface area contributed by atoms with Crippen LogP contribution in [0.25, 0.3) is 0 Å². The fourth-order valence-electron chi connectivity index (χ4n) is 1.17. The predicted molar refractivity (Wildman–Crippen MR) is 67.5 cm³/mol. The summed E-state index contributed by atoms with van der Waals surface area (Å²) in [6.07, 6.45) is 1.86. The van der Waals surface area contributed by atoms with Crippen LogP contribution in [0.15, 0.2) is 53.1 Å². The Morgan fingerprint density at radius 2 is 1.87 bits per heavy atom. The molecular formula is C12H10BrNSe. The number of hydrogen-bond acceptors (Lipinski definition) is 1. The summed E-state index contributed by atoms with van der Waals surface area (Å²) >= 11 is 3.87. The van der Waals surface area contributed by atoms with Crippen LogP contribution < -0.4 is 4.59 Å². The van der Waals surface area contributed by atoms with Crippen molar-refractivity contribution >= 4 is 35.5 Å². The van der Waals surface area contributed by atoms with Crippen molar-refractivity contribution in [2.45, 2.75) is 5.32 Å². The van der Waals surface area contributed by atoms with Gasteiger partial charge in [0.2, 0.25) is 0 Å². The third-order valence-corrected chi connectivity index (χ3v) is 4.60. The number of nitrogens with zero attached hydrogens (tertiary/aromatic N) is 1. The van der Waals surface area contributed by atoms with Crippen LogP contribution in [0.3, 0.4) is 0 Å². The Bertz CT molecular complexity index is 413. The minimum absolute atomic E-state index is 0.440. The molecule has 1 aromatic carbocycles. The molecule has 15 heavy (non-hydrogen) atoms. The van der Waals surface area contributed by atoms with Gasteiger partial charge in [0.15, 0.2) is 0 Å². The van der Waals surface area contributed by atoms with Crippen LogP contribution in [0.2, 0.25) is 0 Å². The first-order valence-corrected chi connectivity index (χ1v) is 7.49. The molecule has 0 radical (unpaired) electrons. The maximum atomic E-state index is 4.33. The first-order valence-electron chi connectivity index (χ1n) is 4.63. The van der Waals surface area contributed by atoms with Crippen LogP contribution in [0.1, 0.15) is 5.56 Å². The van der Waals surface area contributed by atoms with Gasteiger partial charge in [-0.15, -0.1) is 0 Å². The summed E-state index contributed by atoms with van der Waals surface area (Å²) in [6.45, 7) is 0. The van der Waals surface area contributed by atoms with Crippen molar-refractivity contribution < 1.29 is 0 Å². The molecule has 0 atom stereocenters. The van der Waals surface area contributed by atoms with Crippen molar-refractivity contribution in [1.29, 1.82) is 0 Å². The van der Waals surface area contributed by atoms with Gasteiger partial charge in [-0.05, 0) is 0 Å². The molecule has 2 rings (SSSR count). The number of pyridine rings is 1. The van der Waals surface area contributed by atoms with Crippen LogP contribution in [0.5, 0.6) is 0 Å². The fourth-order valence-corrected chi connectivity index (χ4v) is 3.15. The van der Waals surface area contributed by atoms with E-state index in [0.29, 0.717) is 15.0 Å². The molecular weight excluding hydrogens is 317 g/mol. The van der Waals surface area contributed by atoms with Gasteiger partial charge in [-0.2, -0.15) is 0 Å². The molecule has 0 saturated heterocycles. The van der Waals surface area contributed by atoms with Gasteiger partial charge in [0.25, 0.3) is 0 Å². The zero-order valence-electron chi connectivity index (χ0n) is 8.06. The molecule has 0 fully saturated rings. The van der Waals surface area contributed by atoms with Crippen molar-refractivity contribution in [3.8, 4) is 0 Å². The summed E-state index contributed by atoms with van der Waals surface area (Å²) in [7, 11) is 0.